The number of nitrogens with one attached hydrogen (secondary N) is 3. The summed E-state index contributed by atoms with van der Waals surface area (Å²) in [5, 5.41) is 8.11. The van der Waals surface area contributed by atoms with Gasteiger partial charge in [-0.05, 0) is 36.6 Å². The zero-order valence-corrected chi connectivity index (χ0v) is 16.4. The molecule has 6 nitrogen and oxygen atoms in total. The molecule has 3 N–H and O–H groups in total. The third-order valence-corrected chi connectivity index (χ3v) is 4.96. The van der Waals surface area contributed by atoms with E-state index in [1.807, 2.05) is 12.1 Å². The van der Waals surface area contributed by atoms with Crippen molar-refractivity contribution in [3.8, 4) is 0 Å². The molecule has 1 heterocycles. The largest absolute Gasteiger partial charge is 0.381 e. The van der Waals surface area contributed by atoms with Crippen LogP contribution < -0.4 is 16.0 Å². The number of urea groups is 1. The van der Waals surface area contributed by atoms with Gasteiger partial charge in [0.05, 0.1) is 16.9 Å². The predicted octanol–water partition coefficient (Wildman–Crippen LogP) is 4.40. The summed E-state index contributed by atoms with van der Waals surface area (Å²) in [7, 11) is 0. The van der Waals surface area contributed by atoms with Gasteiger partial charge >= 0.3 is 6.03 Å². The van der Waals surface area contributed by atoms with Gasteiger partial charge in [0.15, 0.2) is 0 Å². The number of amides is 3. The van der Waals surface area contributed by atoms with Crippen molar-refractivity contribution in [3.05, 3.63) is 58.6 Å². The Morgan fingerprint density at radius 1 is 1.00 bits per heavy atom. The minimum atomic E-state index is -0.959. The van der Waals surface area contributed by atoms with E-state index in [-0.39, 0.29) is 11.4 Å². The fourth-order valence-corrected chi connectivity index (χ4v) is 3.40. The van der Waals surface area contributed by atoms with Gasteiger partial charge in [0, 0.05) is 31.2 Å². The Morgan fingerprint density at radius 3 is 2.17 bits per heavy atom. The molecule has 3 amide bonds. The number of benzene rings is 2. The van der Waals surface area contributed by atoms with Crippen LogP contribution in [0.15, 0.2) is 36.4 Å². The lowest BCUT2D eigenvalue weighted by atomic mass is 9.83. The van der Waals surface area contributed by atoms with Crippen LogP contribution in [0, 0.1) is 11.6 Å². The van der Waals surface area contributed by atoms with Crippen LogP contribution >= 0.6 is 11.6 Å². The Bertz CT molecular complexity index is 916. The molecule has 9 heteroatoms. The average Bonchev–Trinajstić information content (AvgIpc) is 2.66. The maximum absolute atomic E-state index is 14.1. The number of anilines is 2. The highest BCUT2D eigenvalue weighted by molar-refractivity contribution is 6.30. The van der Waals surface area contributed by atoms with E-state index < -0.39 is 29.1 Å². The number of ether oxygens (including phenoxy) is 1. The highest BCUT2D eigenvalue weighted by atomic mass is 35.5. The van der Waals surface area contributed by atoms with Crippen LogP contribution in [0.5, 0.6) is 0 Å². The van der Waals surface area contributed by atoms with E-state index in [2.05, 4.69) is 16.0 Å². The minimum Gasteiger partial charge on any atom is -0.381 e. The molecule has 0 bridgehead atoms. The van der Waals surface area contributed by atoms with Crippen molar-refractivity contribution in [2.45, 2.75) is 25.3 Å². The Morgan fingerprint density at radius 2 is 1.59 bits per heavy atom. The number of carbonyl (C=O) groups excluding carboxylic acids is 2. The molecule has 0 radical (unpaired) electrons. The van der Waals surface area contributed by atoms with Gasteiger partial charge in [0.2, 0.25) is 5.91 Å². The molecule has 1 fully saturated rings. The van der Waals surface area contributed by atoms with Gasteiger partial charge in [0.25, 0.3) is 0 Å². The molecular weight excluding hydrogens is 404 g/mol. The molecule has 0 saturated carbocycles. The number of hydrogen-bond acceptors (Lipinski definition) is 3. The Balaban J connectivity index is 1.82. The normalized spacial score (nSPS) is 15.4. The highest BCUT2D eigenvalue weighted by Crippen LogP contribution is 2.33. The topological polar surface area (TPSA) is 79.5 Å². The minimum absolute atomic E-state index is 0.229. The van der Waals surface area contributed by atoms with Crippen LogP contribution in [0.1, 0.15) is 25.3 Å². The molecule has 0 aliphatic carbocycles. The van der Waals surface area contributed by atoms with Gasteiger partial charge < -0.3 is 20.7 Å². The molecule has 2 aromatic carbocycles. The molecule has 3 rings (SSSR count). The standard InChI is InChI=1S/C20H20ClF2N3O3/c1-12(27)24-17-11-18(16(23)10-15(17)22)25-19(28)26-20(6-8-29-9-7-20)13-2-4-14(21)5-3-13/h2-5,10-11H,6-9H2,1H3,(H,24,27)(H2,25,26,28). The van der Waals surface area contributed by atoms with Crippen LogP contribution in [-0.4, -0.2) is 25.2 Å². The first-order valence-corrected chi connectivity index (χ1v) is 9.36. The van der Waals surface area contributed by atoms with Gasteiger partial charge in [0.1, 0.15) is 11.6 Å². The Kier molecular flexibility index (Phi) is 6.34. The molecule has 29 heavy (non-hydrogen) atoms. The van der Waals surface area contributed by atoms with E-state index in [0.717, 1.165) is 11.6 Å². The first-order chi connectivity index (χ1) is 13.8. The van der Waals surface area contributed by atoms with Gasteiger partial charge in [-0.25, -0.2) is 13.6 Å². The van der Waals surface area contributed by atoms with Gasteiger partial charge in [-0.3, -0.25) is 4.79 Å². The van der Waals surface area contributed by atoms with Gasteiger partial charge in [-0.1, -0.05) is 23.7 Å². The van der Waals surface area contributed by atoms with Crippen LogP contribution in [-0.2, 0) is 15.1 Å². The summed E-state index contributed by atoms with van der Waals surface area (Å²) in [5.41, 5.74) is -0.360. The lowest BCUT2D eigenvalue weighted by Gasteiger charge is -2.38. The predicted molar refractivity (Wildman–Crippen MR) is 106 cm³/mol. The SMILES string of the molecule is CC(=O)Nc1cc(NC(=O)NC2(c3ccc(Cl)cc3)CCOCC2)c(F)cc1F. The molecule has 154 valence electrons. The van der Waals surface area contributed by atoms with Crippen LogP contribution in [0.2, 0.25) is 5.02 Å². The molecule has 1 saturated heterocycles. The Labute approximate surface area is 171 Å². The van der Waals surface area contributed by atoms with Crippen molar-refractivity contribution < 1.29 is 23.1 Å². The fourth-order valence-electron chi connectivity index (χ4n) is 3.28. The van der Waals surface area contributed by atoms with Crippen molar-refractivity contribution in [2.75, 3.05) is 23.8 Å². The lowest BCUT2D eigenvalue weighted by molar-refractivity contribution is -0.114. The van der Waals surface area contributed by atoms with Crippen LogP contribution in [0.3, 0.4) is 0 Å². The van der Waals surface area contributed by atoms with Crippen LogP contribution in [0.4, 0.5) is 25.0 Å². The van der Waals surface area contributed by atoms with Gasteiger partial charge in [-0.2, -0.15) is 0 Å². The summed E-state index contributed by atoms with van der Waals surface area (Å²) in [6.45, 7) is 2.09. The molecule has 2 aromatic rings. The lowest BCUT2D eigenvalue weighted by Crippen LogP contribution is -2.51. The summed E-state index contributed by atoms with van der Waals surface area (Å²) in [4.78, 5) is 23.8. The summed E-state index contributed by atoms with van der Waals surface area (Å²) >= 11 is 5.96. The second-order valence-electron chi connectivity index (χ2n) is 6.77. The van der Waals surface area contributed by atoms with Crippen molar-refractivity contribution in [1.29, 1.82) is 0 Å². The van der Waals surface area contributed by atoms with E-state index in [0.29, 0.717) is 37.1 Å². The second kappa shape index (κ2) is 8.75. The highest BCUT2D eigenvalue weighted by Gasteiger charge is 2.36. The zero-order valence-electron chi connectivity index (χ0n) is 15.7. The van der Waals surface area contributed by atoms with E-state index in [4.69, 9.17) is 16.3 Å². The van der Waals surface area contributed by atoms with Crippen LogP contribution in [0.25, 0.3) is 0 Å². The first kappa shape index (κ1) is 21.0. The third-order valence-electron chi connectivity index (χ3n) is 4.71. The number of rotatable bonds is 4. The van der Waals surface area contributed by atoms with Gasteiger partial charge in [-0.15, -0.1) is 0 Å². The van der Waals surface area contributed by atoms with E-state index in [1.54, 1.807) is 12.1 Å². The summed E-state index contributed by atoms with van der Waals surface area (Å²) in [6, 6.07) is 8.07. The van der Waals surface area contributed by atoms with Crippen molar-refractivity contribution in [1.82, 2.24) is 5.32 Å². The molecule has 0 atom stereocenters. The molecule has 0 aromatic heterocycles. The van der Waals surface area contributed by atoms with E-state index in [1.165, 1.54) is 6.92 Å². The summed E-state index contributed by atoms with van der Waals surface area (Å²) in [5.74, 6) is -2.42. The number of hydrogen-bond donors (Lipinski definition) is 3. The average molecular weight is 424 g/mol. The summed E-state index contributed by atoms with van der Waals surface area (Å²) < 4.78 is 33.4. The maximum atomic E-state index is 14.1. The smallest absolute Gasteiger partial charge is 0.320 e. The molecule has 0 unspecified atom stereocenters. The second-order valence-corrected chi connectivity index (χ2v) is 7.21. The monoisotopic (exact) mass is 423 g/mol. The quantitative estimate of drug-likeness (QED) is 0.681. The maximum Gasteiger partial charge on any atom is 0.320 e. The zero-order chi connectivity index (χ0) is 21.0. The Hall–Kier alpha value is -2.71. The molecule has 0 spiro atoms. The number of carbonyl (C=O) groups is 2. The molecular formula is C20H20ClF2N3O3. The van der Waals surface area contributed by atoms with E-state index in [9.17, 15) is 18.4 Å². The molecule has 1 aliphatic rings. The fraction of sp³-hybridized carbons (Fsp3) is 0.300. The van der Waals surface area contributed by atoms with Crippen molar-refractivity contribution >= 4 is 34.9 Å². The third kappa shape index (κ3) is 5.02. The first-order valence-electron chi connectivity index (χ1n) is 8.99. The van der Waals surface area contributed by atoms with Crippen molar-refractivity contribution in [2.24, 2.45) is 0 Å². The summed E-state index contributed by atoms with van der Waals surface area (Å²) in [6.07, 6.45) is 1.04. The molecule has 1 aliphatic heterocycles. The number of halogens is 3. The van der Waals surface area contributed by atoms with E-state index >= 15 is 0 Å². The van der Waals surface area contributed by atoms with Crippen molar-refractivity contribution in [3.63, 3.8) is 0 Å².